The fourth-order valence-corrected chi connectivity index (χ4v) is 2.64. The number of hydrogen-bond acceptors (Lipinski definition) is 5. The second-order valence-electron chi connectivity index (χ2n) is 4.09. The van der Waals surface area contributed by atoms with Crippen LogP contribution in [0.4, 0.5) is 0 Å². The second kappa shape index (κ2) is 7.75. The van der Waals surface area contributed by atoms with E-state index >= 15 is 0 Å². The molecule has 0 fully saturated rings. The molecule has 0 bridgehead atoms. The lowest BCUT2D eigenvalue weighted by molar-refractivity contribution is 0.0375. The number of aromatic nitrogens is 2. The van der Waals surface area contributed by atoms with Gasteiger partial charge in [-0.3, -0.25) is 0 Å². The van der Waals surface area contributed by atoms with Crippen LogP contribution in [0.1, 0.15) is 25.6 Å². The lowest BCUT2D eigenvalue weighted by Gasteiger charge is -2.05. The highest BCUT2D eigenvalue weighted by atomic mass is 35.5. The van der Waals surface area contributed by atoms with Crippen molar-refractivity contribution < 1.29 is 9.47 Å². The normalized spacial score (nSPS) is 11.3. The molecular formula is C13H17ClN2O2S. The zero-order valence-corrected chi connectivity index (χ0v) is 12.5. The molecule has 0 aromatic carbocycles. The summed E-state index contributed by atoms with van der Waals surface area (Å²) in [5.41, 5.74) is 0. The van der Waals surface area contributed by atoms with Gasteiger partial charge in [-0.25, -0.2) is 9.97 Å². The highest BCUT2D eigenvalue weighted by molar-refractivity contribution is 7.16. The number of halogens is 1. The van der Waals surface area contributed by atoms with Crippen molar-refractivity contribution in [2.75, 3.05) is 19.8 Å². The molecule has 2 rings (SSSR count). The van der Waals surface area contributed by atoms with Crippen LogP contribution in [0.3, 0.4) is 0 Å². The summed E-state index contributed by atoms with van der Waals surface area (Å²) < 4.78 is 10.9. The molecule has 6 heteroatoms. The molecular weight excluding hydrogens is 284 g/mol. The topological polar surface area (TPSA) is 44.2 Å². The molecule has 104 valence electrons. The Hall–Kier alpha value is -0.750. The minimum absolute atomic E-state index is 0.366. The summed E-state index contributed by atoms with van der Waals surface area (Å²) in [6.45, 7) is 4.46. The van der Waals surface area contributed by atoms with Crippen LogP contribution in [0.15, 0.2) is 11.4 Å². The summed E-state index contributed by atoms with van der Waals surface area (Å²) in [7, 11) is 0. The molecule has 0 amide bonds. The summed E-state index contributed by atoms with van der Waals surface area (Å²) in [5.74, 6) is 0.619. The lowest BCUT2D eigenvalue weighted by atomic mass is 10.4. The minimum Gasteiger partial charge on any atom is -0.379 e. The molecule has 4 nitrogen and oxygen atoms in total. The van der Waals surface area contributed by atoms with E-state index in [4.69, 9.17) is 21.1 Å². The standard InChI is InChI=1S/C13H17ClN2O2S/c1-2-3-5-17-6-7-18-9-11-15-12(14)10-4-8-19-13(10)16-11/h4,8H,2-3,5-7,9H2,1H3. The number of hydrogen-bond donors (Lipinski definition) is 0. The van der Waals surface area contributed by atoms with E-state index in [9.17, 15) is 0 Å². The number of rotatable bonds is 8. The van der Waals surface area contributed by atoms with Crippen molar-refractivity contribution in [1.82, 2.24) is 9.97 Å². The van der Waals surface area contributed by atoms with Gasteiger partial charge in [0.05, 0.1) is 13.2 Å². The molecule has 0 spiro atoms. The second-order valence-corrected chi connectivity index (χ2v) is 5.34. The predicted octanol–water partition coefficient (Wildman–Crippen LogP) is 3.68. The van der Waals surface area contributed by atoms with Gasteiger partial charge in [0, 0.05) is 12.0 Å². The number of fused-ring (bicyclic) bond motifs is 1. The fraction of sp³-hybridized carbons (Fsp3) is 0.538. The summed E-state index contributed by atoms with van der Waals surface area (Å²) in [6.07, 6.45) is 2.24. The maximum Gasteiger partial charge on any atom is 0.157 e. The van der Waals surface area contributed by atoms with E-state index in [2.05, 4.69) is 16.9 Å². The molecule has 19 heavy (non-hydrogen) atoms. The Balaban J connectivity index is 1.75. The summed E-state index contributed by atoms with van der Waals surface area (Å²) in [4.78, 5) is 9.52. The van der Waals surface area contributed by atoms with E-state index in [0.29, 0.717) is 30.8 Å². The smallest absolute Gasteiger partial charge is 0.157 e. The quantitative estimate of drug-likeness (QED) is 0.551. The SMILES string of the molecule is CCCCOCCOCc1nc(Cl)c2ccsc2n1. The van der Waals surface area contributed by atoms with Crippen LogP contribution in [0.5, 0.6) is 0 Å². The summed E-state index contributed by atoms with van der Waals surface area (Å²) in [6, 6.07) is 1.93. The zero-order valence-electron chi connectivity index (χ0n) is 10.9. The van der Waals surface area contributed by atoms with Crippen LogP contribution in [0, 0.1) is 0 Å². The van der Waals surface area contributed by atoms with Gasteiger partial charge < -0.3 is 9.47 Å². The first-order chi connectivity index (χ1) is 9.31. The average molecular weight is 301 g/mol. The Morgan fingerprint density at radius 1 is 1.21 bits per heavy atom. The molecule has 2 heterocycles. The van der Waals surface area contributed by atoms with Gasteiger partial charge in [-0.15, -0.1) is 11.3 Å². The number of ether oxygens (including phenoxy) is 2. The Kier molecular flexibility index (Phi) is 5.97. The molecule has 2 aromatic rings. The molecule has 0 unspecified atom stereocenters. The van der Waals surface area contributed by atoms with Crippen LogP contribution in [-0.4, -0.2) is 29.8 Å². The first kappa shape index (κ1) is 14.7. The van der Waals surface area contributed by atoms with Gasteiger partial charge in [-0.1, -0.05) is 24.9 Å². The Morgan fingerprint density at radius 3 is 2.89 bits per heavy atom. The summed E-state index contributed by atoms with van der Waals surface area (Å²) in [5, 5.41) is 3.35. The Labute approximate surface area is 121 Å². The van der Waals surface area contributed by atoms with Crippen molar-refractivity contribution in [2.24, 2.45) is 0 Å². The molecule has 0 aliphatic rings. The van der Waals surface area contributed by atoms with Crippen molar-refractivity contribution in [3.05, 3.63) is 22.4 Å². The van der Waals surface area contributed by atoms with E-state index in [1.165, 1.54) is 0 Å². The van der Waals surface area contributed by atoms with E-state index in [1.54, 1.807) is 11.3 Å². The van der Waals surface area contributed by atoms with Crippen molar-refractivity contribution in [3.8, 4) is 0 Å². The molecule has 0 atom stereocenters. The largest absolute Gasteiger partial charge is 0.379 e. The third-order valence-electron chi connectivity index (χ3n) is 2.57. The fourth-order valence-electron chi connectivity index (χ4n) is 1.55. The van der Waals surface area contributed by atoms with E-state index in [1.807, 2.05) is 11.4 Å². The highest BCUT2D eigenvalue weighted by Gasteiger charge is 2.06. The molecule has 0 aliphatic carbocycles. The zero-order chi connectivity index (χ0) is 13.5. The van der Waals surface area contributed by atoms with Crippen molar-refractivity contribution in [3.63, 3.8) is 0 Å². The molecule has 0 aliphatic heterocycles. The van der Waals surface area contributed by atoms with Gasteiger partial charge in [0.25, 0.3) is 0 Å². The maximum absolute atomic E-state index is 6.08. The van der Waals surface area contributed by atoms with Gasteiger partial charge in [0.1, 0.15) is 16.6 Å². The maximum atomic E-state index is 6.08. The van der Waals surface area contributed by atoms with Crippen LogP contribution < -0.4 is 0 Å². The van der Waals surface area contributed by atoms with E-state index in [0.717, 1.165) is 29.7 Å². The minimum atomic E-state index is 0.366. The van der Waals surface area contributed by atoms with Gasteiger partial charge in [-0.05, 0) is 17.9 Å². The first-order valence-electron chi connectivity index (χ1n) is 6.36. The Bertz CT molecular complexity index is 518. The highest BCUT2D eigenvalue weighted by Crippen LogP contribution is 2.24. The summed E-state index contributed by atoms with van der Waals surface area (Å²) >= 11 is 7.63. The lowest BCUT2D eigenvalue weighted by Crippen LogP contribution is -2.07. The third-order valence-corrected chi connectivity index (χ3v) is 3.66. The van der Waals surface area contributed by atoms with Crippen LogP contribution >= 0.6 is 22.9 Å². The average Bonchev–Trinajstić information content (AvgIpc) is 2.86. The molecule has 2 aromatic heterocycles. The molecule has 0 saturated heterocycles. The molecule has 0 saturated carbocycles. The number of unbranched alkanes of at least 4 members (excludes halogenated alkanes) is 1. The number of thiophene rings is 1. The van der Waals surface area contributed by atoms with Crippen molar-refractivity contribution in [2.45, 2.75) is 26.4 Å². The third kappa shape index (κ3) is 4.38. The van der Waals surface area contributed by atoms with Crippen LogP contribution in [0.25, 0.3) is 10.2 Å². The van der Waals surface area contributed by atoms with Crippen LogP contribution in [0.2, 0.25) is 5.15 Å². The monoisotopic (exact) mass is 300 g/mol. The molecule has 0 N–H and O–H groups in total. The molecule has 0 radical (unpaired) electrons. The van der Waals surface area contributed by atoms with E-state index in [-0.39, 0.29) is 0 Å². The van der Waals surface area contributed by atoms with Gasteiger partial charge in [0.15, 0.2) is 5.82 Å². The van der Waals surface area contributed by atoms with Gasteiger partial charge in [-0.2, -0.15) is 0 Å². The first-order valence-corrected chi connectivity index (χ1v) is 7.62. The Morgan fingerprint density at radius 2 is 2.05 bits per heavy atom. The predicted molar refractivity (Wildman–Crippen MR) is 77.8 cm³/mol. The van der Waals surface area contributed by atoms with Crippen LogP contribution in [-0.2, 0) is 16.1 Å². The van der Waals surface area contributed by atoms with Crippen molar-refractivity contribution >= 4 is 33.2 Å². The van der Waals surface area contributed by atoms with E-state index < -0.39 is 0 Å². The number of nitrogens with zero attached hydrogens (tertiary/aromatic N) is 2. The van der Waals surface area contributed by atoms with Gasteiger partial charge >= 0.3 is 0 Å². The van der Waals surface area contributed by atoms with Crippen molar-refractivity contribution in [1.29, 1.82) is 0 Å². The van der Waals surface area contributed by atoms with Gasteiger partial charge in [0.2, 0.25) is 0 Å².